The molecule has 3 nitrogen and oxygen atoms in total. The van der Waals surface area contributed by atoms with Crippen molar-refractivity contribution in [2.75, 3.05) is 0 Å². The number of aldehydes is 1. The standard InChI is InChI=1S/C20H32O3/c1-13(10-11-21)6-8-15-14(2)7-9-17-19(3,4)18(23)16(22)12-20(15,17)5/h7,10-11,15-18,22-23H,6,8-9,12H2,1-5H3/b13-10+/t15-,16+,17-,18-,20+/m1/s1. The molecule has 0 heterocycles. The third kappa shape index (κ3) is 3.18. The molecule has 3 heteroatoms. The van der Waals surface area contributed by atoms with Crippen molar-refractivity contribution in [3.8, 4) is 0 Å². The molecule has 0 radical (unpaired) electrons. The first-order valence-electron chi connectivity index (χ1n) is 8.78. The van der Waals surface area contributed by atoms with Gasteiger partial charge in [0, 0.05) is 0 Å². The Balaban J connectivity index is 2.31. The van der Waals surface area contributed by atoms with Crippen LogP contribution in [0.4, 0.5) is 0 Å². The van der Waals surface area contributed by atoms with Crippen LogP contribution < -0.4 is 0 Å². The first kappa shape index (κ1) is 18.4. The molecular formula is C20H32O3. The van der Waals surface area contributed by atoms with Crippen LogP contribution in [0.5, 0.6) is 0 Å². The lowest BCUT2D eigenvalue weighted by molar-refractivity contribution is -0.174. The summed E-state index contributed by atoms with van der Waals surface area (Å²) in [6.07, 6.45) is 7.00. The van der Waals surface area contributed by atoms with Crippen LogP contribution in [0.1, 0.15) is 60.3 Å². The Hall–Kier alpha value is -0.930. The minimum atomic E-state index is -0.662. The SMILES string of the molecule is CC1=CC[C@@H]2C(C)(C)[C@H](O)[C@@H](O)C[C@@]2(C)[C@@H]1CC/C(C)=C/C=O. The molecule has 0 aromatic carbocycles. The highest BCUT2D eigenvalue weighted by Crippen LogP contribution is 2.60. The predicted octanol–water partition coefficient (Wildman–Crippen LogP) is 3.65. The zero-order valence-corrected chi connectivity index (χ0v) is 15.2. The zero-order chi connectivity index (χ0) is 17.4. The molecule has 2 N–H and O–H groups in total. The second-order valence-electron chi connectivity index (χ2n) is 8.52. The number of carbonyl (C=O) groups excluding carboxylic acids is 1. The first-order valence-corrected chi connectivity index (χ1v) is 8.78. The van der Waals surface area contributed by atoms with Gasteiger partial charge in [-0.15, -0.1) is 0 Å². The number of hydrogen-bond donors (Lipinski definition) is 2. The molecule has 2 aliphatic rings. The van der Waals surface area contributed by atoms with Gasteiger partial charge < -0.3 is 10.2 Å². The minimum Gasteiger partial charge on any atom is -0.390 e. The summed E-state index contributed by atoms with van der Waals surface area (Å²) < 4.78 is 0. The van der Waals surface area contributed by atoms with Crippen molar-refractivity contribution in [3.05, 3.63) is 23.3 Å². The minimum absolute atomic E-state index is 0.0115. The molecule has 130 valence electrons. The Labute approximate surface area is 140 Å². The number of carbonyl (C=O) groups is 1. The van der Waals surface area contributed by atoms with E-state index in [1.807, 2.05) is 6.92 Å². The van der Waals surface area contributed by atoms with Crippen molar-refractivity contribution >= 4 is 6.29 Å². The molecular weight excluding hydrogens is 288 g/mol. The number of aliphatic hydroxyl groups excluding tert-OH is 2. The van der Waals surface area contributed by atoms with Crippen LogP contribution in [0, 0.1) is 22.7 Å². The summed E-state index contributed by atoms with van der Waals surface area (Å²) in [6.45, 7) is 10.7. The van der Waals surface area contributed by atoms with Gasteiger partial charge in [0.25, 0.3) is 0 Å². The lowest BCUT2D eigenvalue weighted by Crippen LogP contribution is -2.59. The van der Waals surface area contributed by atoms with Gasteiger partial charge in [-0.25, -0.2) is 0 Å². The number of aliphatic hydroxyl groups is 2. The summed E-state index contributed by atoms with van der Waals surface area (Å²) in [5.41, 5.74) is 2.19. The van der Waals surface area contributed by atoms with Gasteiger partial charge in [-0.1, -0.05) is 38.0 Å². The zero-order valence-electron chi connectivity index (χ0n) is 15.2. The van der Waals surface area contributed by atoms with Crippen molar-refractivity contribution in [2.45, 2.75) is 72.5 Å². The Kier molecular flexibility index (Phi) is 5.22. The summed E-state index contributed by atoms with van der Waals surface area (Å²) in [5, 5.41) is 20.9. The summed E-state index contributed by atoms with van der Waals surface area (Å²) in [4.78, 5) is 10.6. The van der Waals surface area contributed by atoms with Crippen LogP contribution in [0.25, 0.3) is 0 Å². The Morgan fingerprint density at radius 2 is 2.00 bits per heavy atom. The average molecular weight is 320 g/mol. The van der Waals surface area contributed by atoms with Gasteiger partial charge in [0.15, 0.2) is 0 Å². The summed E-state index contributed by atoms with van der Waals surface area (Å²) in [6, 6.07) is 0. The van der Waals surface area contributed by atoms with E-state index in [1.165, 1.54) is 5.57 Å². The van der Waals surface area contributed by atoms with Crippen LogP contribution in [0.3, 0.4) is 0 Å². The lowest BCUT2D eigenvalue weighted by Gasteiger charge is -2.59. The quantitative estimate of drug-likeness (QED) is 0.472. The molecule has 0 aromatic heterocycles. The third-order valence-electron chi connectivity index (χ3n) is 6.67. The van der Waals surface area contributed by atoms with Gasteiger partial charge in [-0.3, -0.25) is 4.79 Å². The molecule has 1 saturated carbocycles. The fraction of sp³-hybridized carbons (Fsp3) is 0.750. The summed E-state index contributed by atoms with van der Waals surface area (Å²) in [7, 11) is 0. The van der Waals surface area contributed by atoms with Crippen molar-refractivity contribution in [2.24, 2.45) is 22.7 Å². The molecule has 23 heavy (non-hydrogen) atoms. The van der Waals surface area contributed by atoms with E-state index in [2.05, 4.69) is 33.8 Å². The maximum absolute atomic E-state index is 10.6. The van der Waals surface area contributed by atoms with Gasteiger partial charge >= 0.3 is 0 Å². The highest BCUT2D eigenvalue weighted by atomic mass is 16.3. The highest BCUT2D eigenvalue weighted by molar-refractivity contribution is 5.65. The number of allylic oxidation sites excluding steroid dienone is 4. The van der Waals surface area contributed by atoms with Crippen LogP contribution in [0.15, 0.2) is 23.3 Å². The molecule has 2 rings (SSSR count). The van der Waals surface area contributed by atoms with Crippen LogP contribution >= 0.6 is 0 Å². The summed E-state index contributed by atoms with van der Waals surface area (Å²) in [5.74, 6) is 0.745. The molecule has 0 saturated heterocycles. The lowest BCUT2D eigenvalue weighted by atomic mass is 9.47. The van der Waals surface area contributed by atoms with Crippen LogP contribution in [0.2, 0.25) is 0 Å². The van der Waals surface area contributed by atoms with Gasteiger partial charge in [-0.05, 0) is 68.3 Å². The topological polar surface area (TPSA) is 57.5 Å². The molecule has 0 spiro atoms. The van der Waals surface area contributed by atoms with E-state index in [1.54, 1.807) is 6.08 Å². The van der Waals surface area contributed by atoms with E-state index in [-0.39, 0.29) is 10.8 Å². The van der Waals surface area contributed by atoms with E-state index < -0.39 is 12.2 Å². The first-order chi connectivity index (χ1) is 10.6. The van der Waals surface area contributed by atoms with Crippen LogP contribution in [-0.4, -0.2) is 28.7 Å². The van der Waals surface area contributed by atoms with E-state index in [0.717, 1.165) is 31.1 Å². The second-order valence-corrected chi connectivity index (χ2v) is 8.52. The molecule has 1 fully saturated rings. The molecule has 2 aliphatic carbocycles. The number of rotatable bonds is 4. The van der Waals surface area contributed by atoms with E-state index in [9.17, 15) is 15.0 Å². The van der Waals surface area contributed by atoms with Gasteiger partial charge in [-0.2, -0.15) is 0 Å². The second kappa shape index (κ2) is 6.52. The highest BCUT2D eigenvalue weighted by Gasteiger charge is 2.57. The smallest absolute Gasteiger partial charge is 0.142 e. The van der Waals surface area contributed by atoms with Crippen molar-refractivity contribution < 1.29 is 15.0 Å². The van der Waals surface area contributed by atoms with Gasteiger partial charge in [0.1, 0.15) is 6.29 Å². The monoisotopic (exact) mass is 320 g/mol. The van der Waals surface area contributed by atoms with Crippen molar-refractivity contribution in [3.63, 3.8) is 0 Å². The molecule has 0 aromatic rings. The predicted molar refractivity (Wildman–Crippen MR) is 92.9 cm³/mol. The van der Waals surface area contributed by atoms with Gasteiger partial charge in [0.05, 0.1) is 12.2 Å². The largest absolute Gasteiger partial charge is 0.390 e. The maximum Gasteiger partial charge on any atom is 0.142 e. The van der Waals surface area contributed by atoms with E-state index in [0.29, 0.717) is 18.3 Å². The Bertz CT molecular complexity index is 517. The molecule has 0 amide bonds. The molecule has 5 atom stereocenters. The normalized spacial score (nSPS) is 40.3. The van der Waals surface area contributed by atoms with Crippen molar-refractivity contribution in [1.29, 1.82) is 0 Å². The average Bonchev–Trinajstić information content (AvgIpc) is 2.44. The molecule has 0 aliphatic heterocycles. The van der Waals surface area contributed by atoms with E-state index in [4.69, 9.17) is 0 Å². The Morgan fingerprint density at radius 3 is 2.61 bits per heavy atom. The Morgan fingerprint density at radius 1 is 1.35 bits per heavy atom. The van der Waals surface area contributed by atoms with E-state index >= 15 is 0 Å². The number of hydrogen-bond acceptors (Lipinski definition) is 3. The fourth-order valence-corrected chi connectivity index (χ4v) is 5.31. The van der Waals surface area contributed by atoms with Crippen LogP contribution in [-0.2, 0) is 4.79 Å². The maximum atomic E-state index is 10.6. The summed E-state index contributed by atoms with van der Waals surface area (Å²) >= 11 is 0. The van der Waals surface area contributed by atoms with Crippen molar-refractivity contribution in [1.82, 2.24) is 0 Å². The molecule has 0 unspecified atom stereocenters. The third-order valence-corrected chi connectivity index (χ3v) is 6.67. The number of fused-ring (bicyclic) bond motifs is 1. The fourth-order valence-electron chi connectivity index (χ4n) is 5.31. The molecule has 0 bridgehead atoms. The van der Waals surface area contributed by atoms with Gasteiger partial charge in [0.2, 0.25) is 0 Å².